The zero-order chi connectivity index (χ0) is 25.2. The largest absolute Gasteiger partial charge is 0.478 e. The number of fused-ring (bicyclic) bond motifs is 3. The van der Waals surface area contributed by atoms with Crippen LogP contribution in [0, 0.1) is 0 Å². The van der Waals surface area contributed by atoms with E-state index < -0.39 is 30.4 Å². The number of carbonyl (C=O) groups is 3. The Morgan fingerprint density at radius 1 is 0.971 bits per heavy atom. The third-order valence-corrected chi connectivity index (χ3v) is 6.08. The van der Waals surface area contributed by atoms with Crippen molar-refractivity contribution in [2.75, 3.05) is 18.5 Å². The van der Waals surface area contributed by atoms with Crippen LogP contribution in [0.4, 0.5) is 19.3 Å². The number of alkyl halides is 2. The lowest BCUT2D eigenvalue weighted by atomic mass is 9.98. The summed E-state index contributed by atoms with van der Waals surface area (Å²) in [6.45, 7) is -1.40. The molecule has 0 radical (unpaired) electrons. The van der Waals surface area contributed by atoms with Crippen molar-refractivity contribution in [3.63, 3.8) is 0 Å². The summed E-state index contributed by atoms with van der Waals surface area (Å²) in [6.07, 6.45) is -1.10. The molecule has 0 heterocycles. The number of carboxylic acids is 1. The van der Waals surface area contributed by atoms with Gasteiger partial charge < -0.3 is 20.5 Å². The number of benzene rings is 3. The Bertz CT molecular complexity index is 1270. The maximum atomic E-state index is 14.4. The number of hydrogen-bond acceptors (Lipinski definition) is 4. The van der Waals surface area contributed by atoms with Gasteiger partial charge in [-0.15, -0.1) is 0 Å². The highest BCUT2D eigenvalue weighted by Gasteiger charge is 2.40. The number of aromatic carboxylic acids is 1. The van der Waals surface area contributed by atoms with E-state index in [0.717, 1.165) is 28.3 Å². The van der Waals surface area contributed by atoms with Gasteiger partial charge in [-0.05, 0) is 40.5 Å². The van der Waals surface area contributed by atoms with Crippen LogP contribution in [-0.2, 0) is 9.53 Å². The second-order valence-electron chi connectivity index (χ2n) is 7.83. The monoisotopic (exact) mass is 544 g/mol. The number of nitrogens with one attached hydrogen (secondary N) is 2. The third kappa shape index (κ3) is 5.17. The van der Waals surface area contributed by atoms with Crippen LogP contribution in [0.5, 0.6) is 0 Å². The molecule has 0 aromatic heterocycles. The minimum atomic E-state index is -4.02. The number of amides is 2. The summed E-state index contributed by atoms with van der Waals surface area (Å²) in [4.78, 5) is 35.6. The van der Waals surface area contributed by atoms with E-state index in [-0.39, 0.29) is 23.8 Å². The third-order valence-electron chi connectivity index (χ3n) is 5.59. The minimum absolute atomic E-state index is 0.0718. The quantitative estimate of drug-likeness (QED) is 0.376. The zero-order valence-corrected chi connectivity index (χ0v) is 19.6. The first-order valence-electron chi connectivity index (χ1n) is 10.5. The van der Waals surface area contributed by atoms with Crippen LogP contribution in [0.25, 0.3) is 11.1 Å². The Labute approximate surface area is 207 Å². The first-order valence-corrected chi connectivity index (χ1v) is 11.3. The van der Waals surface area contributed by atoms with Crippen molar-refractivity contribution in [1.29, 1.82) is 0 Å². The van der Waals surface area contributed by atoms with Crippen molar-refractivity contribution in [2.24, 2.45) is 0 Å². The molecule has 10 heteroatoms. The van der Waals surface area contributed by atoms with Crippen molar-refractivity contribution < 1.29 is 33.0 Å². The maximum absolute atomic E-state index is 14.4. The molecule has 0 fully saturated rings. The summed E-state index contributed by atoms with van der Waals surface area (Å²) >= 11 is 3.10. The van der Waals surface area contributed by atoms with Crippen molar-refractivity contribution in [2.45, 2.75) is 11.8 Å². The molecule has 1 aliphatic carbocycles. The molecule has 180 valence electrons. The molecule has 0 atom stereocenters. The highest BCUT2D eigenvalue weighted by atomic mass is 79.9. The lowest BCUT2D eigenvalue weighted by Gasteiger charge is -2.18. The van der Waals surface area contributed by atoms with E-state index in [9.17, 15) is 28.3 Å². The topological polar surface area (TPSA) is 105 Å². The molecule has 1 aliphatic rings. The van der Waals surface area contributed by atoms with Crippen LogP contribution >= 0.6 is 15.9 Å². The Kier molecular flexibility index (Phi) is 6.83. The van der Waals surface area contributed by atoms with E-state index in [0.29, 0.717) is 4.47 Å². The molecular formula is C25H19BrF2N2O5. The van der Waals surface area contributed by atoms with Crippen LogP contribution in [0.3, 0.4) is 0 Å². The molecule has 0 saturated carbocycles. The number of alkyl carbamates (subject to hydrolysis) is 1. The van der Waals surface area contributed by atoms with E-state index in [1.54, 1.807) is 0 Å². The van der Waals surface area contributed by atoms with Gasteiger partial charge in [-0.1, -0.05) is 64.5 Å². The average molecular weight is 545 g/mol. The summed E-state index contributed by atoms with van der Waals surface area (Å²) in [5, 5.41) is 13.0. The molecule has 3 aromatic rings. The summed E-state index contributed by atoms with van der Waals surface area (Å²) in [5.41, 5.74) is 3.31. The van der Waals surface area contributed by atoms with Gasteiger partial charge in [0.05, 0.1) is 17.8 Å². The molecule has 7 nitrogen and oxygen atoms in total. The number of anilines is 1. The number of ether oxygens (including phenoxy) is 1. The van der Waals surface area contributed by atoms with E-state index in [1.165, 1.54) is 12.1 Å². The molecule has 3 aromatic carbocycles. The number of carboxylic acid groups (broad SMARTS) is 1. The minimum Gasteiger partial charge on any atom is -0.478 e. The molecular weight excluding hydrogens is 526 g/mol. The number of halogens is 3. The lowest BCUT2D eigenvalue weighted by Crippen LogP contribution is -2.45. The second-order valence-corrected chi connectivity index (χ2v) is 8.75. The fourth-order valence-corrected chi connectivity index (χ4v) is 4.29. The number of carbonyl (C=O) groups excluding carboxylic acids is 2. The fraction of sp³-hybridized carbons (Fsp3) is 0.160. The first kappa shape index (κ1) is 24.3. The van der Waals surface area contributed by atoms with Crippen molar-refractivity contribution in [1.82, 2.24) is 5.32 Å². The van der Waals surface area contributed by atoms with Crippen LogP contribution in [0.1, 0.15) is 27.4 Å². The van der Waals surface area contributed by atoms with Gasteiger partial charge in [-0.2, -0.15) is 8.78 Å². The van der Waals surface area contributed by atoms with Gasteiger partial charge in [0.25, 0.3) is 5.91 Å². The first-order chi connectivity index (χ1) is 16.7. The smallest absolute Gasteiger partial charge is 0.407 e. The van der Waals surface area contributed by atoms with E-state index in [2.05, 4.69) is 15.9 Å². The second kappa shape index (κ2) is 9.83. The van der Waals surface area contributed by atoms with Crippen molar-refractivity contribution in [3.8, 4) is 11.1 Å². The Hall–Kier alpha value is -3.79. The normalized spacial score (nSPS) is 12.4. The van der Waals surface area contributed by atoms with Gasteiger partial charge in [-0.3, -0.25) is 4.79 Å². The summed E-state index contributed by atoms with van der Waals surface area (Å²) < 4.78 is 34.4. The van der Waals surface area contributed by atoms with Crippen LogP contribution in [0.2, 0.25) is 0 Å². The van der Waals surface area contributed by atoms with Crippen molar-refractivity contribution >= 4 is 39.6 Å². The van der Waals surface area contributed by atoms with Gasteiger partial charge in [0.15, 0.2) is 0 Å². The van der Waals surface area contributed by atoms with Gasteiger partial charge in [0.1, 0.15) is 6.61 Å². The highest BCUT2D eigenvalue weighted by molar-refractivity contribution is 9.10. The summed E-state index contributed by atoms with van der Waals surface area (Å²) in [6, 6.07) is 19.1. The Morgan fingerprint density at radius 3 is 2.17 bits per heavy atom. The molecule has 0 unspecified atom stereocenters. The Balaban J connectivity index is 1.36. The molecule has 2 amide bonds. The number of rotatable bonds is 7. The lowest BCUT2D eigenvalue weighted by molar-refractivity contribution is -0.138. The molecule has 3 N–H and O–H groups in total. The maximum Gasteiger partial charge on any atom is 0.407 e. The summed E-state index contributed by atoms with van der Waals surface area (Å²) in [7, 11) is 0. The highest BCUT2D eigenvalue weighted by Crippen LogP contribution is 2.44. The fourth-order valence-electron chi connectivity index (χ4n) is 3.93. The zero-order valence-electron chi connectivity index (χ0n) is 18.1. The predicted octanol–water partition coefficient (Wildman–Crippen LogP) is 5.26. The molecule has 0 saturated heterocycles. The molecule has 4 rings (SSSR count). The summed E-state index contributed by atoms with van der Waals surface area (Å²) in [5.74, 6) is -7.43. The standard InChI is InChI=1S/C25H19BrF2N2O5/c26-14-9-10-19(22(31)32)21(11-14)30-23(33)25(27,28)13-29-24(34)35-12-20-17-7-3-1-5-15(17)16-6-2-4-8-18(16)20/h1-11,20H,12-13H2,(H,29,34)(H,30,33)(H,31,32). The van der Waals surface area contributed by atoms with Crippen molar-refractivity contribution in [3.05, 3.63) is 87.9 Å². The molecule has 0 aliphatic heterocycles. The van der Waals surface area contributed by atoms with Crippen LogP contribution in [-0.4, -0.2) is 42.2 Å². The molecule has 0 bridgehead atoms. The average Bonchev–Trinajstić information content (AvgIpc) is 3.15. The predicted molar refractivity (Wildman–Crippen MR) is 128 cm³/mol. The van der Waals surface area contributed by atoms with Gasteiger partial charge >= 0.3 is 18.0 Å². The van der Waals surface area contributed by atoms with E-state index in [1.807, 2.05) is 59.2 Å². The molecule has 0 spiro atoms. The van der Waals surface area contributed by atoms with Crippen LogP contribution < -0.4 is 10.6 Å². The Morgan fingerprint density at radius 2 is 1.57 bits per heavy atom. The van der Waals surface area contributed by atoms with E-state index in [4.69, 9.17) is 4.74 Å². The van der Waals surface area contributed by atoms with Gasteiger partial charge in [0, 0.05) is 10.4 Å². The SMILES string of the molecule is O=C(NCC(F)(F)C(=O)Nc1cc(Br)ccc1C(=O)O)OCC1c2ccccc2-c2ccccc21. The van der Waals surface area contributed by atoms with Gasteiger partial charge in [0.2, 0.25) is 0 Å². The van der Waals surface area contributed by atoms with Crippen LogP contribution in [0.15, 0.2) is 71.2 Å². The number of hydrogen-bond donors (Lipinski definition) is 3. The molecule has 35 heavy (non-hydrogen) atoms. The van der Waals surface area contributed by atoms with E-state index >= 15 is 0 Å². The van der Waals surface area contributed by atoms with Gasteiger partial charge in [-0.25, -0.2) is 9.59 Å².